The number of nitrogens with zero attached hydrogens (tertiary/aromatic N) is 4. The van der Waals surface area contributed by atoms with Crippen molar-refractivity contribution in [2.24, 2.45) is 0 Å². The summed E-state index contributed by atoms with van der Waals surface area (Å²) in [4.78, 5) is 29.2. The van der Waals surface area contributed by atoms with Crippen LogP contribution < -0.4 is 0 Å². The Morgan fingerprint density at radius 3 is 2.85 bits per heavy atom. The van der Waals surface area contributed by atoms with Gasteiger partial charge in [-0.2, -0.15) is 5.10 Å². The van der Waals surface area contributed by atoms with E-state index in [1.807, 2.05) is 46.1 Å². The van der Waals surface area contributed by atoms with Crippen molar-refractivity contribution in [3.8, 4) is 0 Å². The number of aromatic nitrogens is 2. The molecule has 1 aromatic heterocycles. The highest BCUT2D eigenvalue weighted by Crippen LogP contribution is 2.24. The van der Waals surface area contributed by atoms with Crippen LogP contribution >= 0.6 is 0 Å². The highest BCUT2D eigenvalue weighted by Gasteiger charge is 2.30. The molecule has 0 saturated carbocycles. The Labute approximate surface area is 159 Å². The van der Waals surface area contributed by atoms with Gasteiger partial charge in [-0.15, -0.1) is 0 Å². The largest absolute Gasteiger partial charge is 0.340 e. The van der Waals surface area contributed by atoms with Gasteiger partial charge in [-0.25, -0.2) is 0 Å². The summed E-state index contributed by atoms with van der Waals surface area (Å²) in [5, 5.41) is 4.26. The Morgan fingerprint density at radius 1 is 1.15 bits per heavy atom. The van der Waals surface area contributed by atoms with Gasteiger partial charge < -0.3 is 9.80 Å². The summed E-state index contributed by atoms with van der Waals surface area (Å²) in [5.74, 6) is 0.219. The molecule has 2 aliphatic rings. The lowest BCUT2D eigenvalue weighted by molar-refractivity contribution is -0.135. The second-order valence-electron chi connectivity index (χ2n) is 7.43. The normalized spacial score (nSPS) is 19.4. The highest BCUT2D eigenvalue weighted by molar-refractivity contribution is 5.98. The number of carbonyl (C=O) groups is 2. The summed E-state index contributed by atoms with van der Waals surface area (Å²) in [6.07, 6.45) is 8.38. The smallest absolute Gasteiger partial charge is 0.254 e. The maximum Gasteiger partial charge on any atom is 0.254 e. The predicted octanol–water partition coefficient (Wildman–Crippen LogP) is 2.70. The van der Waals surface area contributed by atoms with Crippen molar-refractivity contribution in [1.82, 2.24) is 19.6 Å². The molecule has 2 aliphatic heterocycles. The first-order chi connectivity index (χ1) is 13.2. The fourth-order valence-electron chi connectivity index (χ4n) is 4.21. The second kappa shape index (κ2) is 7.94. The molecule has 1 atom stereocenters. The SMILES string of the molecule is O=C1c2ccccc2CN1CCC(=O)N1CCCCC1CCn1cccn1. The number of rotatable bonds is 6. The van der Waals surface area contributed by atoms with Crippen LogP contribution in [0.3, 0.4) is 0 Å². The van der Waals surface area contributed by atoms with Crippen LogP contribution in [0.1, 0.15) is 48.0 Å². The van der Waals surface area contributed by atoms with E-state index in [1.165, 1.54) is 6.42 Å². The van der Waals surface area contributed by atoms with E-state index in [9.17, 15) is 9.59 Å². The van der Waals surface area contributed by atoms with Crippen LogP contribution in [0.15, 0.2) is 42.7 Å². The Hall–Kier alpha value is -2.63. The summed E-state index contributed by atoms with van der Waals surface area (Å²) in [5.41, 5.74) is 1.84. The molecule has 0 spiro atoms. The maximum atomic E-state index is 12.9. The van der Waals surface area contributed by atoms with Gasteiger partial charge in [0, 0.05) is 56.6 Å². The van der Waals surface area contributed by atoms with Crippen LogP contribution in [-0.2, 0) is 17.9 Å². The number of likely N-dealkylation sites (tertiary alicyclic amines) is 1. The van der Waals surface area contributed by atoms with E-state index in [1.54, 1.807) is 11.1 Å². The van der Waals surface area contributed by atoms with Gasteiger partial charge in [-0.05, 0) is 43.4 Å². The molecule has 3 heterocycles. The van der Waals surface area contributed by atoms with E-state index in [-0.39, 0.29) is 17.9 Å². The molecule has 0 N–H and O–H groups in total. The van der Waals surface area contributed by atoms with Gasteiger partial charge in [0.25, 0.3) is 5.91 Å². The molecule has 6 nitrogen and oxygen atoms in total. The third-order valence-electron chi connectivity index (χ3n) is 5.69. The average molecular weight is 366 g/mol. The van der Waals surface area contributed by atoms with Crippen molar-refractivity contribution in [3.05, 3.63) is 53.9 Å². The van der Waals surface area contributed by atoms with Gasteiger partial charge >= 0.3 is 0 Å². The van der Waals surface area contributed by atoms with E-state index >= 15 is 0 Å². The number of hydrogen-bond acceptors (Lipinski definition) is 3. The number of amides is 2. The van der Waals surface area contributed by atoms with Gasteiger partial charge in [0.15, 0.2) is 0 Å². The van der Waals surface area contributed by atoms with Gasteiger partial charge in [-0.3, -0.25) is 14.3 Å². The van der Waals surface area contributed by atoms with Crippen molar-refractivity contribution in [3.63, 3.8) is 0 Å². The maximum absolute atomic E-state index is 12.9. The van der Waals surface area contributed by atoms with Crippen molar-refractivity contribution in [2.75, 3.05) is 13.1 Å². The highest BCUT2D eigenvalue weighted by atomic mass is 16.2. The molecule has 0 aliphatic carbocycles. The Bertz CT molecular complexity index is 802. The lowest BCUT2D eigenvalue weighted by Crippen LogP contribution is -2.45. The minimum atomic E-state index is 0.0484. The zero-order valence-corrected chi connectivity index (χ0v) is 15.6. The first kappa shape index (κ1) is 17.8. The molecule has 2 amide bonds. The quantitative estimate of drug-likeness (QED) is 0.790. The molecular weight excluding hydrogens is 340 g/mol. The monoisotopic (exact) mass is 366 g/mol. The molecule has 1 aromatic carbocycles. The van der Waals surface area contributed by atoms with E-state index in [0.29, 0.717) is 19.5 Å². The molecule has 1 fully saturated rings. The number of piperidine rings is 1. The minimum Gasteiger partial charge on any atom is -0.340 e. The second-order valence-corrected chi connectivity index (χ2v) is 7.43. The third-order valence-corrected chi connectivity index (χ3v) is 5.69. The van der Waals surface area contributed by atoms with Crippen molar-refractivity contribution >= 4 is 11.8 Å². The average Bonchev–Trinajstić information content (AvgIpc) is 3.33. The number of fused-ring (bicyclic) bond motifs is 1. The molecule has 27 heavy (non-hydrogen) atoms. The third kappa shape index (κ3) is 3.89. The van der Waals surface area contributed by atoms with Gasteiger partial charge in [0.2, 0.25) is 5.91 Å². The number of benzene rings is 1. The van der Waals surface area contributed by atoms with E-state index in [4.69, 9.17) is 0 Å². The lowest BCUT2D eigenvalue weighted by atomic mass is 9.99. The van der Waals surface area contributed by atoms with E-state index in [2.05, 4.69) is 5.10 Å². The van der Waals surface area contributed by atoms with Crippen LogP contribution in [0.5, 0.6) is 0 Å². The first-order valence-corrected chi connectivity index (χ1v) is 9.86. The van der Waals surface area contributed by atoms with E-state index < -0.39 is 0 Å². The fourth-order valence-corrected chi connectivity index (χ4v) is 4.21. The van der Waals surface area contributed by atoms with Crippen LogP contribution in [0.25, 0.3) is 0 Å². The van der Waals surface area contributed by atoms with Crippen molar-refractivity contribution in [1.29, 1.82) is 0 Å². The molecule has 2 aromatic rings. The minimum absolute atomic E-state index is 0.0484. The number of hydrogen-bond donors (Lipinski definition) is 0. The topological polar surface area (TPSA) is 58.4 Å². The number of carbonyl (C=O) groups excluding carboxylic acids is 2. The van der Waals surface area contributed by atoms with Crippen molar-refractivity contribution in [2.45, 2.75) is 51.2 Å². The molecular formula is C21H26N4O2. The summed E-state index contributed by atoms with van der Waals surface area (Å²) in [7, 11) is 0. The Balaban J connectivity index is 1.32. The summed E-state index contributed by atoms with van der Waals surface area (Å²) in [6.45, 7) is 2.78. The molecule has 0 bridgehead atoms. The van der Waals surface area contributed by atoms with Crippen LogP contribution in [-0.4, -0.2) is 50.5 Å². The zero-order chi connectivity index (χ0) is 18.6. The van der Waals surface area contributed by atoms with Gasteiger partial charge in [0.05, 0.1) is 0 Å². The molecule has 0 radical (unpaired) electrons. The fraction of sp³-hybridized carbons (Fsp3) is 0.476. The zero-order valence-electron chi connectivity index (χ0n) is 15.6. The Kier molecular flexibility index (Phi) is 5.23. The van der Waals surface area contributed by atoms with Crippen LogP contribution in [0.2, 0.25) is 0 Å². The summed E-state index contributed by atoms with van der Waals surface area (Å²) >= 11 is 0. The molecule has 6 heteroatoms. The summed E-state index contributed by atoms with van der Waals surface area (Å²) < 4.78 is 1.93. The molecule has 4 rings (SSSR count). The van der Waals surface area contributed by atoms with Gasteiger partial charge in [0.1, 0.15) is 0 Å². The predicted molar refractivity (Wildman–Crippen MR) is 102 cm³/mol. The molecule has 1 unspecified atom stereocenters. The first-order valence-electron chi connectivity index (χ1n) is 9.86. The summed E-state index contributed by atoms with van der Waals surface area (Å²) in [6, 6.07) is 9.92. The molecule has 142 valence electrons. The standard InChI is InChI=1S/C21H26N4O2/c26-20(10-14-23-16-17-6-1-2-8-19(17)21(23)27)25-13-4-3-7-18(25)9-15-24-12-5-11-22-24/h1-2,5-6,8,11-12,18H,3-4,7,9-10,13-16H2. The van der Waals surface area contributed by atoms with Crippen LogP contribution in [0, 0.1) is 0 Å². The van der Waals surface area contributed by atoms with Gasteiger partial charge in [-0.1, -0.05) is 18.2 Å². The number of aryl methyl sites for hydroxylation is 1. The van der Waals surface area contributed by atoms with Crippen molar-refractivity contribution < 1.29 is 9.59 Å². The van der Waals surface area contributed by atoms with Crippen LogP contribution in [0.4, 0.5) is 0 Å². The van der Waals surface area contributed by atoms with E-state index in [0.717, 1.165) is 43.5 Å². The molecule has 1 saturated heterocycles. The lowest BCUT2D eigenvalue weighted by Gasteiger charge is -2.36. The Morgan fingerprint density at radius 2 is 2.04 bits per heavy atom.